The fourth-order valence-electron chi connectivity index (χ4n) is 8.47. The van der Waals surface area contributed by atoms with E-state index >= 15 is 0 Å². The second-order valence-corrected chi connectivity index (χ2v) is 17.6. The van der Waals surface area contributed by atoms with Crippen LogP contribution in [0.15, 0.2) is 171 Å². The molecule has 2 N–H and O–H groups in total. The van der Waals surface area contributed by atoms with Gasteiger partial charge in [0.1, 0.15) is 13.6 Å². The van der Waals surface area contributed by atoms with Gasteiger partial charge >= 0.3 is 5.22 Å². The number of para-hydroxylation sites is 8. The zero-order chi connectivity index (χ0) is 48.7. The van der Waals surface area contributed by atoms with Crippen LogP contribution < -0.4 is 68.7 Å². The molecule has 0 atom stereocenters. The lowest BCUT2D eigenvalue weighted by atomic mass is 10.1. The van der Waals surface area contributed by atoms with E-state index in [4.69, 9.17) is 24.3 Å². The molecule has 10 rings (SSSR count). The van der Waals surface area contributed by atoms with Crippen LogP contribution in [-0.2, 0) is 27.2 Å². The number of aryl methyl sites for hydroxylation is 5. The Kier molecular flexibility index (Phi) is 21.9. The molecule has 0 aliphatic carbocycles. The maximum Gasteiger partial charge on any atom is 0.411 e. The lowest BCUT2D eigenvalue weighted by Gasteiger charge is -2.13. The number of nitrogens with zero attached hydrogens (tertiary/aromatic N) is 7. The molecular formula is C57H69Br2N8O3S+. The predicted octanol–water partition coefficient (Wildman–Crippen LogP) is 4.15. The summed E-state index contributed by atoms with van der Waals surface area (Å²) in [6.07, 6.45) is 10.4. The molecule has 11 nitrogen and oxygen atoms in total. The Morgan fingerprint density at radius 2 is 1.25 bits per heavy atom. The molecule has 374 valence electrons. The molecule has 4 aromatic heterocycles. The van der Waals surface area contributed by atoms with E-state index in [9.17, 15) is 0 Å². The topological polar surface area (TPSA) is 96.9 Å². The van der Waals surface area contributed by atoms with Crippen molar-refractivity contribution in [3.8, 4) is 5.75 Å². The summed E-state index contributed by atoms with van der Waals surface area (Å²) in [7, 11) is 6.04. The van der Waals surface area contributed by atoms with Crippen LogP contribution in [-0.4, -0.2) is 55.5 Å². The van der Waals surface area contributed by atoms with E-state index < -0.39 is 0 Å². The third kappa shape index (κ3) is 13.8. The van der Waals surface area contributed by atoms with Crippen molar-refractivity contribution >= 4 is 67.5 Å². The standard InChI is InChI=1S/C29H27N4O2.C13H17N2.C9H10NOS.C6H15N.2BrH/c1-31-24-12-5-7-14-26(24)34-28(31)20-21-16-19-33(23-11-4-3-10-22(21)23)18-9-17-30-29-32(2)25-13-6-8-15-27(25)35-29;1-11-7-10-15(9-4-8-14)13-6-3-2-5-12(11)13;1-10-7-5-3-4-6-8(7)11-9(10)12-2;1-4-7(5-2)6-3;;/h3-8,10-16,19-20H,9,17-18H2,1-2H3;2-3,5-7,10H,4,8-9,14H2,1H3;3-6H,1-2H3;4-6H2,1-3H3;2*1H/q3*+1;;;/p-2. The lowest BCUT2D eigenvalue weighted by Crippen LogP contribution is -3.00. The van der Waals surface area contributed by atoms with Crippen molar-refractivity contribution in [2.45, 2.75) is 58.8 Å². The first-order valence-corrected chi connectivity index (χ1v) is 25.3. The van der Waals surface area contributed by atoms with Gasteiger partial charge in [-0.05, 0) is 105 Å². The van der Waals surface area contributed by atoms with Crippen LogP contribution in [0.25, 0.3) is 50.1 Å². The van der Waals surface area contributed by atoms with Gasteiger partial charge in [-0.2, -0.15) is 13.7 Å². The van der Waals surface area contributed by atoms with Crippen molar-refractivity contribution < 1.29 is 61.2 Å². The molecule has 0 saturated heterocycles. The van der Waals surface area contributed by atoms with Gasteiger partial charge in [0.25, 0.3) is 11.2 Å². The van der Waals surface area contributed by atoms with Crippen molar-refractivity contribution in [3.63, 3.8) is 0 Å². The van der Waals surface area contributed by atoms with Crippen molar-refractivity contribution in [2.75, 3.05) is 50.9 Å². The largest absolute Gasteiger partial charge is 1.00 e. The number of hydrogen-bond acceptors (Lipinski definition) is 8. The van der Waals surface area contributed by atoms with Gasteiger partial charge < -0.3 is 63.1 Å². The van der Waals surface area contributed by atoms with E-state index in [1.54, 1.807) is 11.8 Å². The molecule has 0 radical (unpaired) electrons. The molecule has 1 aliphatic rings. The minimum atomic E-state index is 0. The Hall–Kier alpha value is -5.77. The first-order valence-electron chi connectivity index (χ1n) is 24.1. The molecule has 0 unspecified atom stereocenters. The number of thioether (sulfide) groups is 1. The van der Waals surface area contributed by atoms with Crippen molar-refractivity contribution in [1.82, 2.24) is 9.47 Å². The molecule has 71 heavy (non-hydrogen) atoms. The van der Waals surface area contributed by atoms with Gasteiger partial charge in [-0.1, -0.05) is 81.4 Å². The highest BCUT2D eigenvalue weighted by atomic mass is 79.9. The number of halogens is 2. The number of hydrogen-bond donors (Lipinski definition) is 1. The van der Waals surface area contributed by atoms with Crippen LogP contribution in [0.3, 0.4) is 0 Å². The van der Waals surface area contributed by atoms with Crippen molar-refractivity contribution in [1.29, 1.82) is 0 Å². The quantitative estimate of drug-likeness (QED) is 0.112. The van der Waals surface area contributed by atoms with Gasteiger partial charge in [0.2, 0.25) is 22.5 Å². The van der Waals surface area contributed by atoms with Crippen LogP contribution in [0.5, 0.6) is 5.75 Å². The fraction of sp³-hybridized carbons (Fsp3) is 0.298. The monoisotopic (exact) mass is 1100 g/mol. The SMILES string of the molecule is CCN(CC)CC.CN1/C(=C\c2cc[n+](CCCN=c3oc4ccccc4n3C)c3ccccc23)Oc2ccccc21.CSc1oc2ccccc2[n+]1C.Cc1cc[n+](CCCN)c2ccccc12.[Br-].[Br-]. The second-order valence-electron chi connectivity index (χ2n) is 16.8. The Morgan fingerprint density at radius 3 is 1.89 bits per heavy atom. The molecule has 0 amide bonds. The summed E-state index contributed by atoms with van der Waals surface area (Å²) in [5.41, 5.74) is 16.2. The van der Waals surface area contributed by atoms with Gasteiger partial charge in [0, 0.05) is 68.7 Å². The number of rotatable bonds is 12. The number of oxazole rings is 2. The van der Waals surface area contributed by atoms with Crippen LogP contribution in [0, 0.1) is 6.92 Å². The Morgan fingerprint density at radius 1 is 0.676 bits per heavy atom. The number of ether oxygens (including phenoxy) is 1. The third-order valence-electron chi connectivity index (χ3n) is 12.5. The molecule has 0 bridgehead atoms. The number of benzene rings is 5. The predicted molar refractivity (Wildman–Crippen MR) is 283 cm³/mol. The smallest absolute Gasteiger partial charge is 0.411 e. The summed E-state index contributed by atoms with van der Waals surface area (Å²) in [5, 5.41) is 3.46. The number of aromatic nitrogens is 4. The molecule has 9 aromatic rings. The molecule has 0 spiro atoms. The number of pyridine rings is 2. The second kappa shape index (κ2) is 27.7. The number of anilines is 1. The van der Waals surface area contributed by atoms with E-state index in [2.05, 4.69) is 142 Å². The summed E-state index contributed by atoms with van der Waals surface area (Å²) in [6.45, 7) is 15.6. The van der Waals surface area contributed by atoms with E-state index in [1.165, 1.54) is 47.0 Å². The highest BCUT2D eigenvalue weighted by molar-refractivity contribution is 7.98. The normalized spacial score (nSPS) is 12.4. The van der Waals surface area contributed by atoms with E-state index in [-0.39, 0.29) is 34.0 Å². The molecular weight excluding hydrogens is 1040 g/mol. The summed E-state index contributed by atoms with van der Waals surface area (Å²) in [4.78, 5) is 9.17. The summed E-state index contributed by atoms with van der Waals surface area (Å²) >= 11 is 1.62. The molecule has 5 aromatic carbocycles. The van der Waals surface area contributed by atoms with Gasteiger partial charge in [0.05, 0.1) is 23.1 Å². The maximum atomic E-state index is 6.11. The van der Waals surface area contributed by atoms with Gasteiger partial charge in [-0.25, -0.2) is 4.99 Å². The summed E-state index contributed by atoms with van der Waals surface area (Å²) in [5.74, 6) is 1.71. The van der Waals surface area contributed by atoms with E-state index in [0.717, 1.165) is 82.8 Å². The highest BCUT2D eigenvalue weighted by Crippen LogP contribution is 2.38. The van der Waals surface area contributed by atoms with E-state index in [1.807, 2.05) is 92.6 Å². The van der Waals surface area contributed by atoms with Crippen LogP contribution >= 0.6 is 11.8 Å². The average Bonchev–Trinajstić information content (AvgIpc) is 4.02. The summed E-state index contributed by atoms with van der Waals surface area (Å²) < 4.78 is 26.2. The van der Waals surface area contributed by atoms with Crippen LogP contribution in [0.1, 0.15) is 44.7 Å². The van der Waals surface area contributed by atoms with Gasteiger partial charge in [0.15, 0.2) is 30.3 Å². The van der Waals surface area contributed by atoms with Crippen molar-refractivity contribution in [2.24, 2.45) is 24.8 Å². The molecule has 1 aliphatic heterocycles. The minimum Gasteiger partial charge on any atom is -1.00 e. The zero-order valence-corrected chi connectivity index (χ0v) is 46.4. The van der Waals surface area contributed by atoms with E-state index in [0.29, 0.717) is 12.2 Å². The van der Waals surface area contributed by atoms with Crippen LogP contribution in [0.2, 0.25) is 0 Å². The molecule has 0 fully saturated rings. The Balaban J connectivity index is 0.000000214. The fourth-order valence-corrected chi connectivity index (χ4v) is 9.02. The van der Waals surface area contributed by atoms with Gasteiger partial charge in [-0.15, -0.1) is 0 Å². The zero-order valence-electron chi connectivity index (χ0n) is 42.4. The molecule has 14 heteroatoms. The van der Waals surface area contributed by atoms with Gasteiger partial charge in [-0.3, -0.25) is 4.57 Å². The third-order valence-corrected chi connectivity index (χ3v) is 13.2. The minimum absolute atomic E-state index is 0. The lowest BCUT2D eigenvalue weighted by molar-refractivity contribution is -0.692. The Labute approximate surface area is 444 Å². The average molecular weight is 1110 g/mol. The number of nitrogens with two attached hydrogens (primary N) is 1. The number of fused-ring (bicyclic) bond motifs is 5. The first kappa shape index (κ1) is 56.1. The maximum absolute atomic E-state index is 6.11. The summed E-state index contributed by atoms with van der Waals surface area (Å²) in [6, 6.07) is 45.5. The molecule has 5 heterocycles. The highest BCUT2D eigenvalue weighted by Gasteiger charge is 2.23. The van der Waals surface area contributed by atoms with Crippen LogP contribution in [0.4, 0.5) is 5.69 Å². The molecule has 0 saturated carbocycles. The first-order chi connectivity index (χ1) is 33.7. The Bertz CT molecular complexity index is 3210. The van der Waals surface area contributed by atoms with Crippen molar-refractivity contribution in [3.05, 3.63) is 169 Å².